The summed E-state index contributed by atoms with van der Waals surface area (Å²) >= 11 is 0. The van der Waals surface area contributed by atoms with E-state index in [-0.39, 0.29) is 88.9 Å². The zero-order valence-corrected chi connectivity index (χ0v) is 21.8. The molecule has 0 aliphatic carbocycles. The first kappa shape index (κ1) is 27.7. The number of carboxylic acids is 1. The molecule has 1 amide bonds. The van der Waals surface area contributed by atoms with Gasteiger partial charge in [0.05, 0.1) is 26.3 Å². The molecule has 0 fully saturated rings. The second-order valence-electron chi connectivity index (χ2n) is 8.95. The predicted molar refractivity (Wildman–Crippen MR) is 140 cm³/mol. The van der Waals surface area contributed by atoms with Crippen molar-refractivity contribution < 1.29 is 33.0 Å². The zero-order chi connectivity index (χ0) is 28.3. The molecular weight excluding hydrogens is 512 g/mol. The molecule has 1 aliphatic rings. The highest BCUT2D eigenvalue weighted by molar-refractivity contribution is 5.99. The fourth-order valence-electron chi connectivity index (χ4n) is 4.66. The monoisotopic (exact) mass is 541 g/mol. The van der Waals surface area contributed by atoms with Gasteiger partial charge in [0.1, 0.15) is 17.2 Å². The Morgan fingerprint density at radius 3 is 2.51 bits per heavy atom. The van der Waals surface area contributed by atoms with Gasteiger partial charge in [0.2, 0.25) is 5.91 Å². The standard InChI is InChI=1S/C27H29F2N5O5/c1-4-31-19(14-5-7-15(28)8-6-14)12-21(35)34-10-9-16(18(13-34)27(36)37)26-32-23-17(25(30)33-26)11-20(38-2)24(39-3)22(23)29/h5-8,11,19,31H,4,9-10,12-13H2,1-3H3,(H,36,37)(H2,30,32,33). The maximum absolute atomic E-state index is 15.3. The van der Waals surface area contributed by atoms with Gasteiger partial charge in [-0.05, 0) is 36.7 Å². The van der Waals surface area contributed by atoms with E-state index in [0.717, 1.165) is 5.56 Å². The second-order valence-corrected chi connectivity index (χ2v) is 8.95. The topological polar surface area (TPSA) is 140 Å². The van der Waals surface area contributed by atoms with E-state index in [0.29, 0.717) is 6.54 Å². The molecule has 1 aliphatic heterocycles. The number of nitrogens with zero attached hydrogens (tertiary/aromatic N) is 3. The van der Waals surface area contributed by atoms with Crippen molar-refractivity contribution in [2.45, 2.75) is 25.8 Å². The number of hydrogen-bond donors (Lipinski definition) is 3. The highest BCUT2D eigenvalue weighted by Gasteiger charge is 2.31. The van der Waals surface area contributed by atoms with E-state index in [1.54, 1.807) is 12.1 Å². The summed E-state index contributed by atoms with van der Waals surface area (Å²) in [5.41, 5.74) is 6.89. The number of carbonyl (C=O) groups excluding carboxylic acids is 1. The van der Waals surface area contributed by atoms with Crippen molar-refractivity contribution >= 4 is 34.2 Å². The van der Waals surface area contributed by atoms with Crippen molar-refractivity contribution in [1.82, 2.24) is 20.2 Å². The molecule has 4 N–H and O–H groups in total. The number of nitrogens with two attached hydrogens (primary N) is 1. The van der Waals surface area contributed by atoms with Crippen LogP contribution in [0.2, 0.25) is 0 Å². The molecule has 39 heavy (non-hydrogen) atoms. The number of methoxy groups -OCH3 is 2. The molecule has 1 aromatic heterocycles. The normalized spacial score (nSPS) is 14.4. The maximum atomic E-state index is 15.3. The summed E-state index contributed by atoms with van der Waals surface area (Å²) in [6.45, 7) is 2.47. The lowest BCUT2D eigenvalue weighted by Gasteiger charge is -2.30. The first-order valence-corrected chi connectivity index (χ1v) is 12.3. The average molecular weight is 542 g/mol. The number of nitrogens with one attached hydrogen (secondary N) is 1. The first-order valence-electron chi connectivity index (χ1n) is 12.3. The summed E-state index contributed by atoms with van der Waals surface area (Å²) in [4.78, 5) is 35.5. The van der Waals surface area contributed by atoms with Crippen molar-refractivity contribution in [1.29, 1.82) is 0 Å². The van der Waals surface area contributed by atoms with Gasteiger partial charge in [0.15, 0.2) is 23.1 Å². The molecule has 3 aromatic rings. The lowest BCUT2D eigenvalue weighted by Crippen LogP contribution is -2.40. The van der Waals surface area contributed by atoms with Gasteiger partial charge >= 0.3 is 5.97 Å². The molecule has 206 valence electrons. The molecule has 10 nitrogen and oxygen atoms in total. The number of carboxylic acid groups (broad SMARTS) is 1. The number of benzene rings is 2. The third-order valence-corrected chi connectivity index (χ3v) is 6.63. The SMILES string of the molecule is CCNC(CC(=O)N1CCC(c2nc(N)c3cc(OC)c(OC)c(F)c3n2)=C(C(=O)O)C1)c1ccc(F)cc1. The fourth-order valence-corrected chi connectivity index (χ4v) is 4.66. The van der Waals surface area contributed by atoms with Crippen LogP contribution in [-0.2, 0) is 9.59 Å². The maximum Gasteiger partial charge on any atom is 0.333 e. The molecule has 0 bridgehead atoms. The Kier molecular flexibility index (Phi) is 8.24. The van der Waals surface area contributed by atoms with Crippen molar-refractivity contribution in [2.75, 3.05) is 39.6 Å². The van der Waals surface area contributed by atoms with Gasteiger partial charge in [0, 0.05) is 30.0 Å². The van der Waals surface area contributed by atoms with Crippen molar-refractivity contribution in [3.05, 3.63) is 58.9 Å². The van der Waals surface area contributed by atoms with Crippen LogP contribution < -0.4 is 20.5 Å². The van der Waals surface area contributed by atoms with Crippen molar-refractivity contribution in [3.8, 4) is 11.5 Å². The van der Waals surface area contributed by atoms with E-state index in [1.165, 1.54) is 37.3 Å². The number of fused-ring (bicyclic) bond motifs is 1. The fraction of sp³-hybridized carbons (Fsp3) is 0.333. The third-order valence-electron chi connectivity index (χ3n) is 6.63. The summed E-state index contributed by atoms with van der Waals surface area (Å²) in [6.07, 6.45) is 0.170. The van der Waals surface area contributed by atoms with Crippen LogP contribution in [0.5, 0.6) is 11.5 Å². The lowest BCUT2D eigenvalue weighted by atomic mass is 9.97. The lowest BCUT2D eigenvalue weighted by molar-refractivity contribution is -0.134. The highest BCUT2D eigenvalue weighted by Crippen LogP contribution is 2.38. The number of nitrogen functional groups attached to an aromatic ring is 1. The molecular formula is C27H29F2N5O5. The Morgan fingerprint density at radius 1 is 1.18 bits per heavy atom. The smallest absolute Gasteiger partial charge is 0.333 e. The van der Waals surface area contributed by atoms with Gasteiger partial charge in [-0.2, -0.15) is 0 Å². The molecule has 0 spiro atoms. The quantitative estimate of drug-likeness (QED) is 0.372. The molecule has 0 saturated heterocycles. The van der Waals surface area contributed by atoms with Crippen LogP contribution in [0.1, 0.15) is 37.2 Å². The van der Waals surface area contributed by atoms with Gasteiger partial charge in [-0.15, -0.1) is 0 Å². The number of rotatable bonds is 9. The minimum absolute atomic E-state index is 0.0348. The largest absolute Gasteiger partial charge is 0.493 e. The summed E-state index contributed by atoms with van der Waals surface area (Å²) in [5, 5.41) is 13.4. The van der Waals surface area contributed by atoms with Crippen molar-refractivity contribution in [2.24, 2.45) is 0 Å². The second kappa shape index (κ2) is 11.6. The number of carbonyl (C=O) groups is 2. The predicted octanol–water partition coefficient (Wildman–Crippen LogP) is 3.32. The number of halogens is 2. The van der Waals surface area contributed by atoms with E-state index < -0.39 is 11.8 Å². The van der Waals surface area contributed by atoms with Gasteiger partial charge in [0.25, 0.3) is 0 Å². The Hall–Kier alpha value is -4.32. The van der Waals surface area contributed by atoms with Gasteiger partial charge in [-0.25, -0.2) is 23.5 Å². The molecule has 1 unspecified atom stereocenters. The Labute approximate surface area is 223 Å². The molecule has 0 radical (unpaired) electrons. The number of hydrogen-bond acceptors (Lipinski definition) is 8. The van der Waals surface area contributed by atoms with Gasteiger partial charge < -0.3 is 30.5 Å². The number of aliphatic carboxylic acids is 1. The first-order chi connectivity index (χ1) is 18.7. The zero-order valence-electron chi connectivity index (χ0n) is 21.8. The summed E-state index contributed by atoms with van der Waals surface area (Å²) in [6, 6.07) is 6.95. The van der Waals surface area contributed by atoms with Crippen LogP contribution in [-0.4, -0.2) is 65.7 Å². The average Bonchev–Trinajstić information content (AvgIpc) is 2.93. The van der Waals surface area contributed by atoms with Gasteiger partial charge in [-0.1, -0.05) is 19.1 Å². The third kappa shape index (κ3) is 5.60. The van der Waals surface area contributed by atoms with Crippen LogP contribution in [0.25, 0.3) is 16.5 Å². The molecule has 2 heterocycles. The summed E-state index contributed by atoms with van der Waals surface area (Å²) in [5.74, 6) is -2.87. The Morgan fingerprint density at radius 2 is 1.90 bits per heavy atom. The van der Waals surface area contributed by atoms with E-state index in [9.17, 15) is 19.1 Å². The summed E-state index contributed by atoms with van der Waals surface area (Å²) in [7, 11) is 2.64. The molecule has 12 heteroatoms. The molecule has 0 saturated carbocycles. The van der Waals surface area contributed by atoms with Crippen LogP contribution in [0.4, 0.5) is 14.6 Å². The van der Waals surface area contributed by atoms with Crippen LogP contribution in [0.15, 0.2) is 35.9 Å². The molecule has 2 aromatic carbocycles. The number of ether oxygens (including phenoxy) is 2. The minimum Gasteiger partial charge on any atom is -0.493 e. The van der Waals surface area contributed by atoms with Crippen molar-refractivity contribution in [3.63, 3.8) is 0 Å². The van der Waals surface area contributed by atoms with Crippen LogP contribution in [0, 0.1) is 11.6 Å². The van der Waals surface area contributed by atoms with Gasteiger partial charge in [-0.3, -0.25) is 4.79 Å². The van der Waals surface area contributed by atoms with E-state index >= 15 is 4.39 Å². The number of aromatic nitrogens is 2. The van der Waals surface area contributed by atoms with Crippen LogP contribution >= 0.6 is 0 Å². The van der Waals surface area contributed by atoms with E-state index in [4.69, 9.17) is 15.2 Å². The summed E-state index contributed by atoms with van der Waals surface area (Å²) < 4.78 is 38.9. The van der Waals surface area contributed by atoms with E-state index in [2.05, 4.69) is 15.3 Å². The number of amides is 1. The highest BCUT2D eigenvalue weighted by atomic mass is 19.1. The van der Waals surface area contributed by atoms with E-state index in [1.807, 2.05) is 6.92 Å². The molecule has 4 rings (SSSR count). The molecule has 1 atom stereocenters. The minimum atomic E-state index is -1.25. The number of anilines is 1. The van der Waals surface area contributed by atoms with Crippen LogP contribution in [0.3, 0.4) is 0 Å². The Bertz CT molecular complexity index is 1440. The Balaban J connectivity index is 1.66.